The van der Waals surface area contributed by atoms with Crippen LogP contribution in [0.5, 0.6) is 5.75 Å². The average Bonchev–Trinajstić information content (AvgIpc) is 3.26. The summed E-state index contributed by atoms with van der Waals surface area (Å²) in [5.41, 5.74) is 0.234. The summed E-state index contributed by atoms with van der Waals surface area (Å²) in [4.78, 5) is 16.3. The normalized spacial score (nSPS) is 12.7. The molecule has 0 aliphatic rings. The van der Waals surface area contributed by atoms with Gasteiger partial charge in [-0.25, -0.2) is 0 Å². The van der Waals surface area contributed by atoms with Crippen LogP contribution >= 0.6 is 0 Å². The summed E-state index contributed by atoms with van der Waals surface area (Å²) in [5.74, 6) is -1.80. The maximum atomic E-state index is 13.2. The zero-order valence-corrected chi connectivity index (χ0v) is 19.5. The highest BCUT2D eigenvalue weighted by atomic mass is 19.4. The first-order valence-electron chi connectivity index (χ1n) is 11.2. The molecule has 1 unspecified atom stereocenters. The van der Waals surface area contributed by atoms with Gasteiger partial charge in [-0.15, -0.1) is 13.2 Å². The fraction of sp³-hybridized carbons (Fsp3) is 0.185. The number of nitrogens with zero attached hydrogens (tertiary/aromatic N) is 1. The van der Waals surface area contributed by atoms with Gasteiger partial charge in [0.05, 0.1) is 23.6 Å². The summed E-state index contributed by atoms with van der Waals surface area (Å²) < 4.78 is 82.7. The SMILES string of the molecule is N#CCC(Cc1c[nH]c2ccccc12)NC(=O)c1cc(-c2cccc(C(F)(F)F)c2)ccc1OC(F)(F)F. The molecule has 38 heavy (non-hydrogen) atoms. The summed E-state index contributed by atoms with van der Waals surface area (Å²) in [7, 11) is 0. The van der Waals surface area contributed by atoms with E-state index < -0.39 is 41.4 Å². The van der Waals surface area contributed by atoms with Gasteiger partial charge in [0.1, 0.15) is 5.75 Å². The number of aromatic nitrogens is 1. The minimum absolute atomic E-state index is 0.0415. The Balaban J connectivity index is 1.67. The lowest BCUT2D eigenvalue weighted by molar-refractivity contribution is -0.274. The molecule has 0 bridgehead atoms. The standard InChI is InChI=1S/C27H19F6N3O2/c28-26(29,30)19-5-3-4-16(12-19)17-8-9-24(38-27(31,32)33)22(14-17)25(37)36-20(10-11-34)13-18-15-35-23-7-2-1-6-21(18)23/h1-9,12,14-15,20,35H,10,13H2,(H,36,37). The van der Waals surface area contributed by atoms with Crippen molar-refractivity contribution in [3.63, 3.8) is 0 Å². The average molecular weight is 531 g/mol. The van der Waals surface area contributed by atoms with Crippen LogP contribution in [0.2, 0.25) is 0 Å². The molecule has 4 rings (SSSR count). The van der Waals surface area contributed by atoms with Gasteiger partial charge in [-0.1, -0.05) is 36.4 Å². The van der Waals surface area contributed by atoms with Crippen molar-refractivity contribution >= 4 is 16.8 Å². The molecule has 1 atom stereocenters. The second-order valence-electron chi connectivity index (χ2n) is 8.43. The molecule has 1 aromatic heterocycles. The number of alkyl halides is 6. The van der Waals surface area contributed by atoms with Crippen LogP contribution in [-0.4, -0.2) is 23.3 Å². The van der Waals surface area contributed by atoms with Crippen molar-refractivity contribution in [3.05, 3.63) is 89.6 Å². The Morgan fingerprint density at radius 2 is 1.71 bits per heavy atom. The number of rotatable bonds is 7. The third kappa shape index (κ3) is 6.26. The van der Waals surface area contributed by atoms with E-state index in [4.69, 9.17) is 0 Å². The molecule has 3 aromatic carbocycles. The Labute approximate surface area is 212 Å². The number of ether oxygens (including phenoxy) is 1. The molecule has 1 amide bonds. The molecule has 0 saturated carbocycles. The number of hydrogen-bond donors (Lipinski definition) is 2. The number of hydrogen-bond acceptors (Lipinski definition) is 3. The number of H-pyrrole nitrogens is 1. The first-order chi connectivity index (χ1) is 17.9. The van der Waals surface area contributed by atoms with Crippen molar-refractivity contribution < 1.29 is 35.9 Å². The second-order valence-corrected chi connectivity index (χ2v) is 8.43. The van der Waals surface area contributed by atoms with Crippen LogP contribution in [0.3, 0.4) is 0 Å². The molecule has 4 aromatic rings. The monoisotopic (exact) mass is 531 g/mol. The van der Waals surface area contributed by atoms with Crippen LogP contribution in [0, 0.1) is 11.3 Å². The van der Waals surface area contributed by atoms with E-state index in [0.717, 1.165) is 52.9 Å². The van der Waals surface area contributed by atoms with Crippen molar-refractivity contribution in [1.29, 1.82) is 5.26 Å². The van der Waals surface area contributed by atoms with E-state index in [9.17, 15) is 36.4 Å². The van der Waals surface area contributed by atoms with Crippen LogP contribution in [0.15, 0.2) is 72.9 Å². The zero-order chi connectivity index (χ0) is 27.5. The van der Waals surface area contributed by atoms with Gasteiger partial charge in [-0.05, 0) is 53.4 Å². The second kappa shape index (κ2) is 10.5. The predicted molar refractivity (Wildman–Crippen MR) is 127 cm³/mol. The molecule has 0 saturated heterocycles. The molecule has 0 radical (unpaired) electrons. The zero-order valence-electron chi connectivity index (χ0n) is 19.5. The smallest absolute Gasteiger partial charge is 0.405 e. The first kappa shape index (κ1) is 26.6. The highest BCUT2D eigenvalue weighted by Gasteiger charge is 2.34. The van der Waals surface area contributed by atoms with E-state index in [1.54, 1.807) is 6.20 Å². The van der Waals surface area contributed by atoms with Gasteiger partial charge in [0.25, 0.3) is 5.91 Å². The maximum absolute atomic E-state index is 13.2. The molecule has 11 heteroatoms. The summed E-state index contributed by atoms with van der Waals surface area (Å²) in [5, 5.41) is 12.7. The molecule has 0 aliphatic heterocycles. The Morgan fingerprint density at radius 3 is 2.42 bits per heavy atom. The molecule has 196 valence electrons. The minimum Gasteiger partial charge on any atom is -0.405 e. The molecule has 1 heterocycles. The van der Waals surface area contributed by atoms with Crippen molar-refractivity contribution in [2.45, 2.75) is 31.4 Å². The fourth-order valence-electron chi connectivity index (χ4n) is 4.09. The molecule has 5 nitrogen and oxygen atoms in total. The van der Waals surface area contributed by atoms with E-state index >= 15 is 0 Å². The van der Waals surface area contributed by atoms with Gasteiger partial charge >= 0.3 is 12.5 Å². The molecule has 0 aliphatic carbocycles. The van der Waals surface area contributed by atoms with Crippen LogP contribution in [0.25, 0.3) is 22.0 Å². The minimum atomic E-state index is -5.12. The number of halogens is 6. The number of nitriles is 1. The lowest BCUT2D eigenvalue weighted by Gasteiger charge is -2.19. The number of aromatic amines is 1. The van der Waals surface area contributed by atoms with Gasteiger partial charge in [-0.3, -0.25) is 4.79 Å². The number of fused-ring (bicyclic) bond motifs is 1. The predicted octanol–water partition coefficient (Wildman–Crippen LogP) is 7.01. The van der Waals surface area contributed by atoms with Gasteiger partial charge in [0, 0.05) is 23.1 Å². The van der Waals surface area contributed by atoms with E-state index in [2.05, 4.69) is 15.0 Å². The van der Waals surface area contributed by atoms with Crippen LogP contribution in [-0.2, 0) is 12.6 Å². The number of benzene rings is 3. The maximum Gasteiger partial charge on any atom is 0.573 e. The lowest BCUT2D eigenvalue weighted by atomic mass is 9.99. The summed E-state index contributed by atoms with van der Waals surface area (Å²) >= 11 is 0. The number of amides is 1. The van der Waals surface area contributed by atoms with E-state index in [1.807, 2.05) is 30.3 Å². The third-order valence-electron chi connectivity index (χ3n) is 5.79. The molecule has 0 spiro atoms. The molecular weight excluding hydrogens is 512 g/mol. The molecular formula is C27H19F6N3O2. The van der Waals surface area contributed by atoms with Crippen molar-refractivity contribution in [1.82, 2.24) is 10.3 Å². The molecule has 0 fully saturated rings. The quantitative estimate of drug-likeness (QED) is 0.252. The summed E-state index contributed by atoms with van der Waals surface area (Å²) in [6.45, 7) is 0. The topological polar surface area (TPSA) is 77.9 Å². The van der Waals surface area contributed by atoms with Crippen LogP contribution < -0.4 is 10.1 Å². The highest BCUT2D eigenvalue weighted by molar-refractivity contribution is 5.98. The number of carbonyl (C=O) groups is 1. The lowest BCUT2D eigenvalue weighted by Crippen LogP contribution is -2.36. The van der Waals surface area contributed by atoms with Gasteiger partial charge in [0.2, 0.25) is 0 Å². The Morgan fingerprint density at radius 1 is 0.974 bits per heavy atom. The van der Waals surface area contributed by atoms with Crippen molar-refractivity contribution in [2.24, 2.45) is 0 Å². The van der Waals surface area contributed by atoms with Gasteiger partial charge < -0.3 is 15.0 Å². The summed E-state index contributed by atoms with van der Waals surface area (Å²) in [6, 6.07) is 15.7. The van der Waals surface area contributed by atoms with Gasteiger partial charge in [0.15, 0.2) is 0 Å². The number of carbonyl (C=O) groups excluding carboxylic acids is 1. The van der Waals surface area contributed by atoms with E-state index in [1.165, 1.54) is 6.07 Å². The Hall–Kier alpha value is -4.46. The summed E-state index contributed by atoms with van der Waals surface area (Å²) in [6.07, 6.45) is -7.99. The Bertz CT molecular complexity index is 1500. The van der Waals surface area contributed by atoms with Crippen molar-refractivity contribution in [3.8, 4) is 22.9 Å². The first-order valence-corrected chi connectivity index (χ1v) is 11.2. The fourth-order valence-corrected chi connectivity index (χ4v) is 4.09. The van der Waals surface area contributed by atoms with E-state index in [-0.39, 0.29) is 24.0 Å². The van der Waals surface area contributed by atoms with Gasteiger partial charge in [-0.2, -0.15) is 18.4 Å². The van der Waals surface area contributed by atoms with Crippen molar-refractivity contribution in [2.75, 3.05) is 0 Å². The van der Waals surface area contributed by atoms with Crippen LogP contribution in [0.4, 0.5) is 26.3 Å². The third-order valence-corrected chi connectivity index (χ3v) is 5.79. The van der Waals surface area contributed by atoms with E-state index in [0.29, 0.717) is 0 Å². The molecule has 2 N–H and O–H groups in total. The highest BCUT2D eigenvalue weighted by Crippen LogP contribution is 2.35. The Kier molecular flexibility index (Phi) is 7.35. The number of para-hydroxylation sites is 1. The largest absolute Gasteiger partial charge is 0.573 e. The number of nitrogens with one attached hydrogen (secondary N) is 2. The van der Waals surface area contributed by atoms with Crippen LogP contribution in [0.1, 0.15) is 27.9 Å².